The molecule has 7 nitrogen and oxygen atoms in total. The average molecular weight is 477 g/mol. The van der Waals surface area contributed by atoms with Gasteiger partial charge in [-0.2, -0.15) is 0 Å². The Morgan fingerprint density at radius 3 is 2.68 bits per heavy atom. The number of thioether (sulfide) groups is 1. The molecular formula is C26H28N4O3S. The molecule has 0 bridgehead atoms. The molecule has 4 aromatic rings. The van der Waals surface area contributed by atoms with Crippen LogP contribution in [-0.2, 0) is 24.9 Å². The third-order valence-electron chi connectivity index (χ3n) is 5.53. The van der Waals surface area contributed by atoms with Crippen molar-refractivity contribution in [3.63, 3.8) is 0 Å². The van der Waals surface area contributed by atoms with Gasteiger partial charge in [0.1, 0.15) is 16.8 Å². The third kappa shape index (κ3) is 5.02. The molecule has 0 aliphatic carbocycles. The molecule has 0 saturated heterocycles. The highest BCUT2D eigenvalue weighted by atomic mass is 32.2. The van der Waals surface area contributed by atoms with Gasteiger partial charge in [0.25, 0.3) is 5.56 Å². The molecule has 176 valence electrons. The van der Waals surface area contributed by atoms with Gasteiger partial charge in [0.2, 0.25) is 5.91 Å². The summed E-state index contributed by atoms with van der Waals surface area (Å²) in [5.74, 6) is 0.792. The Kier molecular flexibility index (Phi) is 7.37. The number of methoxy groups -OCH3 is 1. The van der Waals surface area contributed by atoms with Gasteiger partial charge < -0.3 is 14.6 Å². The fraction of sp³-hybridized carbons (Fsp3) is 0.269. The van der Waals surface area contributed by atoms with Crippen LogP contribution in [0.5, 0.6) is 5.75 Å². The van der Waals surface area contributed by atoms with E-state index in [1.54, 1.807) is 11.7 Å². The van der Waals surface area contributed by atoms with Crippen LogP contribution in [0, 0.1) is 0 Å². The molecule has 1 amide bonds. The van der Waals surface area contributed by atoms with Crippen LogP contribution in [0.25, 0.3) is 22.2 Å². The molecule has 2 heterocycles. The fourth-order valence-corrected chi connectivity index (χ4v) is 4.72. The number of rotatable bonds is 9. The number of carbonyl (C=O) groups excluding carboxylic acids is 1. The molecule has 0 unspecified atom stereocenters. The monoisotopic (exact) mass is 476 g/mol. The summed E-state index contributed by atoms with van der Waals surface area (Å²) in [6.45, 7) is 2.97. The number of aromatic nitrogens is 3. The Hall–Kier alpha value is -3.52. The first kappa shape index (κ1) is 23.6. The van der Waals surface area contributed by atoms with Gasteiger partial charge in [0.15, 0.2) is 5.16 Å². The summed E-state index contributed by atoms with van der Waals surface area (Å²) in [5, 5.41) is 3.49. The molecule has 0 saturated carbocycles. The lowest BCUT2D eigenvalue weighted by Crippen LogP contribution is -2.27. The zero-order chi connectivity index (χ0) is 24.1. The first-order valence-electron chi connectivity index (χ1n) is 11.2. The molecule has 1 N–H and O–H groups in total. The zero-order valence-corrected chi connectivity index (χ0v) is 20.4. The molecule has 0 fully saturated rings. The molecule has 0 aliphatic heterocycles. The largest absolute Gasteiger partial charge is 0.497 e. The molecule has 0 atom stereocenters. The van der Waals surface area contributed by atoms with Crippen LogP contribution in [0.3, 0.4) is 0 Å². The molecule has 0 radical (unpaired) electrons. The van der Waals surface area contributed by atoms with Gasteiger partial charge >= 0.3 is 0 Å². The smallest absolute Gasteiger partial charge is 0.278 e. The second kappa shape index (κ2) is 10.6. The number of ether oxygens (including phenoxy) is 1. The Labute approximate surface area is 202 Å². The Bertz CT molecular complexity index is 1360. The van der Waals surface area contributed by atoms with E-state index in [1.807, 2.05) is 79.3 Å². The summed E-state index contributed by atoms with van der Waals surface area (Å²) >= 11 is 1.29. The summed E-state index contributed by atoms with van der Waals surface area (Å²) in [5.41, 5.74) is 4.00. The predicted octanol–water partition coefficient (Wildman–Crippen LogP) is 4.23. The summed E-state index contributed by atoms with van der Waals surface area (Å²) in [4.78, 5) is 30.8. The van der Waals surface area contributed by atoms with Gasteiger partial charge in [0, 0.05) is 31.9 Å². The van der Waals surface area contributed by atoms with Crippen LogP contribution in [0.4, 0.5) is 0 Å². The van der Waals surface area contributed by atoms with E-state index in [2.05, 4.69) is 5.32 Å². The molecule has 0 spiro atoms. The summed E-state index contributed by atoms with van der Waals surface area (Å²) in [6, 6.07) is 17.5. The molecule has 0 aliphatic rings. The minimum Gasteiger partial charge on any atom is -0.497 e. The van der Waals surface area contributed by atoms with Crippen molar-refractivity contribution in [3.05, 3.63) is 76.7 Å². The Morgan fingerprint density at radius 2 is 1.94 bits per heavy atom. The summed E-state index contributed by atoms with van der Waals surface area (Å²) in [7, 11) is 3.48. The van der Waals surface area contributed by atoms with Crippen molar-refractivity contribution in [2.24, 2.45) is 7.05 Å². The van der Waals surface area contributed by atoms with Crippen LogP contribution in [0.2, 0.25) is 0 Å². The lowest BCUT2D eigenvalue weighted by molar-refractivity contribution is -0.118. The first-order valence-corrected chi connectivity index (χ1v) is 12.2. The molecule has 8 heteroatoms. The molecule has 34 heavy (non-hydrogen) atoms. The minimum absolute atomic E-state index is 0.0872. The number of amides is 1. The van der Waals surface area contributed by atoms with Gasteiger partial charge in [-0.25, -0.2) is 4.98 Å². The number of benzene rings is 2. The first-order chi connectivity index (χ1) is 16.5. The number of nitrogens with one attached hydrogen (secondary N) is 1. The van der Waals surface area contributed by atoms with E-state index in [9.17, 15) is 9.59 Å². The Morgan fingerprint density at radius 1 is 1.15 bits per heavy atom. The number of hydrogen-bond acceptors (Lipinski definition) is 5. The lowest BCUT2D eigenvalue weighted by Gasteiger charge is -2.12. The highest BCUT2D eigenvalue weighted by Crippen LogP contribution is 2.29. The van der Waals surface area contributed by atoms with Crippen LogP contribution >= 0.6 is 11.8 Å². The maximum Gasteiger partial charge on any atom is 0.278 e. The number of carbonyl (C=O) groups is 1. The topological polar surface area (TPSA) is 78.2 Å². The highest BCUT2D eigenvalue weighted by molar-refractivity contribution is 7.99. The van der Waals surface area contributed by atoms with Crippen LogP contribution in [0.1, 0.15) is 18.9 Å². The van der Waals surface area contributed by atoms with Crippen molar-refractivity contribution >= 4 is 28.7 Å². The molecule has 2 aromatic heterocycles. The van der Waals surface area contributed by atoms with Crippen LogP contribution in [-0.4, -0.2) is 32.9 Å². The van der Waals surface area contributed by atoms with Crippen molar-refractivity contribution in [1.29, 1.82) is 0 Å². The van der Waals surface area contributed by atoms with E-state index >= 15 is 0 Å². The van der Waals surface area contributed by atoms with Gasteiger partial charge in [-0.05, 0) is 29.7 Å². The molecule has 2 aromatic carbocycles. The normalized spacial score (nSPS) is 11.0. The summed E-state index contributed by atoms with van der Waals surface area (Å²) < 4.78 is 8.75. The van der Waals surface area contributed by atoms with Gasteiger partial charge in [0.05, 0.1) is 12.9 Å². The lowest BCUT2D eigenvalue weighted by atomic mass is 10.1. The number of nitrogens with zero attached hydrogens (tertiary/aromatic N) is 3. The SMILES string of the molecule is CCCn1c(SCC(=O)NCc2cccc(OC)c2)nc2c(-c3ccccc3)cn(C)c2c1=O. The van der Waals surface area contributed by atoms with E-state index in [0.29, 0.717) is 29.3 Å². The predicted molar refractivity (Wildman–Crippen MR) is 136 cm³/mol. The van der Waals surface area contributed by atoms with Crippen molar-refractivity contribution in [2.45, 2.75) is 31.6 Å². The van der Waals surface area contributed by atoms with Crippen LogP contribution < -0.4 is 15.6 Å². The van der Waals surface area contributed by atoms with E-state index in [0.717, 1.165) is 28.9 Å². The van der Waals surface area contributed by atoms with Crippen molar-refractivity contribution in [2.75, 3.05) is 12.9 Å². The zero-order valence-electron chi connectivity index (χ0n) is 19.6. The molecular weight excluding hydrogens is 448 g/mol. The van der Waals surface area contributed by atoms with Gasteiger partial charge in [-0.3, -0.25) is 14.2 Å². The van der Waals surface area contributed by atoms with E-state index in [1.165, 1.54) is 11.8 Å². The Balaban J connectivity index is 1.59. The fourth-order valence-electron chi connectivity index (χ4n) is 3.87. The quantitative estimate of drug-likeness (QED) is 0.289. The number of fused-ring (bicyclic) bond motifs is 1. The maximum absolute atomic E-state index is 13.4. The van der Waals surface area contributed by atoms with E-state index in [-0.39, 0.29) is 17.2 Å². The van der Waals surface area contributed by atoms with Gasteiger partial charge in [-0.15, -0.1) is 0 Å². The highest BCUT2D eigenvalue weighted by Gasteiger charge is 2.19. The summed E-state index contributed by atoms with van der Waals surface area (Å²) in [6.07, 6.45) is 2.73. The number of hydrogen-bond donors (Lipinski definition) is 1. The number of aryl methyl sites for hydroxylation is 1. The van der Waals surface area contributed by atoms with Crippen molar-refractivity contribution < 1.29 is 9.53 Å². The van der Waals surface area contributed by atoms with E-state index in [4.69, 9.17) is 9.72 Å². The van der Waals surface area contributed by atoms with E-state index < -0.39 is 0 Å². The third-order valence-corrected chi connectivity index (χ3v) is 6.51. The second-order valence-electron chi connectivity index (χ2n) is 7.99. The second-order valence-corrected chi connectivity index (χ2v) is 8.93. The van der Waals surface area contributed by atoms with Crippen LogP contribution in [0.15, 0.2) is 70.7 Å². The van der Waals surface area contributed by atoms with Gasteiger partial charge in [-0.1, -0.05) is 61.2 Å². The standard InChI is InChI=1S/C26H28N4O3S/c1-4-13-30-25(32)24-23(21(16-29(24)2)19-10-6-5-7-11-19)28-26(30)34-17-22(31)27-15-18-9-8-12-20(14-18)33-3/h5-12,14,16H,4,13,15,17H2,1-3H3,(H,27,31). The van der Waals surface area contributed by atoms with Crippen molar-refractivity contribution in [1.82, 2.24) is 19.4 Å². The average Bonchev–Trinajstić information content (AvgIpc) is 3.20. The van der Waals surface area contributed by atoms with Crippen molar-refractivity contribution in [3.8, 4) is 16.9 Å². The minimum atomic E-state index is -0.124. The molecule has 4 rings (SSSR count). The maximum atomic E-state index is 13.4.